The van der Waals surface area contributed by atoms with Crippen molar-refractivity contribution in [3.8, 4) is 0 Å². The number of carbonyl (C=O) groups is 1. The molecule has 0 spiro atoms. The number of nitrogens with one attached hydrogen (secondary N) is 1. The third kappa shape index (κ3) is 3.71. The molecular formula is C18H17ClFNO2. The van der Waals surface area contributed by atoms with Crippen LogP contribution in [0.5, 0.6) is 0 Å². The summed E-state index contributed by atoms with van der Waals surface area (Å²) in [7, 11) is 0. The van der Waals surface area contributed by atoms with E-state index in [1.165, 1.54) is 12.1 Å². The van der Waals surface area contributed by atoms with Crippen molar-refractivity contribution in [2.45, 2.75) is 18.4 Å². The van der Waals surface area contributed by atoms with Gasteiger partial charge < -0.3 is 10.4 Å². The predicted molar refractivity (Wildman–Crippen MR) is 86.7 cm³/mol. The van der Waals surface area contributed by atoms with Gasteiger partial charge in [-0.3, -0.25) is 4.79 Å². The molecule has 3 rings (SSSR count). The number of hydrogen-bond donors (Lipinski definition) is 2. The first-order valence-corrected chi connectivity index (χ1v) is 7.89. The van der Waals surface area contributed by atoms with Crippen LogP contribution in [-0.4, -0.2) is 17.6 Å². The highest BCUT2D eigenvalue weighted by Crippen LogP contribution is 2.47. The molecule has 0 bridgehead atoms. The minimum atomic E-state index is -1.05. The minimum absolute atomic E-state index is 0.00146. The Hall–Kier alpha value is -1.91. The van der Waals surface area contributed by atoms with E-state index in [4.69, 9.17) is 11.6 Å². The van der Waals surface area contributed by atoms with Crippen molar-refractivity contribution < 1.29 is 14.3 Å². The van der Waals surface area contributed by atoms with E-state index < -0.39 is 11.9 Å². The molecule has 0 aliphatic heterocycles. The second kappa shape index (κ2) is 6.69. The van der Waals surface area contributed by atoms with Crippen LogP contribution in [0.25, 0.3) is 0 Å². The molecular weight excluding hydrogens is 317 g/mol. The molecule has 3 nitrogen and oxygen atoms in total. The molecule has 120 valence electrons. The highest BCUT2D eigenvalue weighted by atomic mass is 35.5. The first kappa shape index (κ1) is 16.0. The summed E-state index contributed by atoms with van der Waals surface area (Å²) in [4.78, 5) is 12.1. The van der Waals surface area contributed by atoms with Crippen LogP contribution in [0.3, 0.4) is 0 Å². The van der Waals surface area contributed by atoms with E-state index in [0.717, 1.165) is 12.0 Å². The van der Waals surface area contributed by atoms with Gasteiger partial charge in [0.15, 0.2) is 0 Å². The molecule has 1 fully saturated rings. The quantitative estimate of drug-likeness (QED) is 0.880. The smallest absolute Gasteiger partial charge is 0.223 e. The summed E-state index contributed by atoms with van der Waals surface area (Å²) in [5.74, 6) is -0.538. The van der Waals surface area contributed by atoms with E-state index in [9.17, 15) is 14.3 Å². The molecule has 3 atom stereocenters. The van der Waals surface area contributed by atoms with Crippen LogP contribution < -0.4 is 5.32 Å². The van der Waals surface area contributed by atoms with Crippen molar-refractivity contribution in [1.82, 2.24) is 5.32 Å². The second-order valence-electron chi connectivity index (χ2n) is 5.79. The van der Waals surface area contributed by atoms with Gasteiger partial charge in [0.2, 0.25) is 5.91 Å². The molecule has 1 amide bonds. The van der Waals surface area contributed by atoms with Crippen LogP contribution in [0, 0.1) is 11.7 Å². The standard InChI is InChI=1S/C18H17ClFNO2/c19-12-5-3-4-11(8-12)14-9-15(14)18(23)21-10-17(22)13-6-1-2-7-16(13)20/h1-8,14-15,17,22H,9-10H2,(H,21,23). The van der Waals surface area contributed by atoms with Crippen molar-refractivity contribution >= 4 is 17.5 Å². The van der Waals surface area contributed by atoms with E-state index in [1.54, 1.807) is 18.2 Å². The van der Waals surface area contributed by atoms with Gasteiger partial charge in [-0.15, -0.1) is 0 Å². The lowest BCUT2D eigenvalue weighted by Crippen LogP contribution is -2.30. The van der Waals surface area contributed by atoms with Gasteiger partial charge in [0.05, 0.1) is 6.10 Å². The third-order valence-corrected chi connectivity index (χ3v) is 4.37. The predicted octanol–water partition coefficient (Wildman–Crippen LogP) is 3.43. The van der Waals surface area contributed by atoms with Gasteiger partial charge in [0.25, 0.3) is 0 Å². The van der Waals surface area contributed by atoms with E-state index in [2.05, 4.69) is 5.32 Å². The minimum Gasteiger partial charge on any atom is -0.386 e. The lowest BCUT2D eigenvalue weighted by Gasteiger charge is -2.13. The third-order valence-electron chi connectivity index (χ3n) is 4.14. The lowest BCUT2D eigenvalue weighted by molar-refractivity contribution is -0.122. The molecule has 2 aromatic rings. The molecule has 23 heavy (non-hydrogen) atoms. The molecule has 0 aromatic heterocycles. The molecule has 0 saturated heterocycles. The summed E-state index contributed by atoms with van der Waals surface area (Å²) in [6.07, 6.45) is -0.286. The van der Waals surface area contributed by atoms with Crippen molar-refractivity contribution in [3.63, 3.8) is 0 Å². The van der Waals surface area contributed by atoms with Gasteiger partial charge in [0.1, 0.15) is 5.82 Å². The number of benzene rings is 2. The Kier molecular flexibility index (Phi) is 4.64. The number of halogens is 2. The Morgan fingerprint density at radius 3 is 2.83 bits per heavy atom. The van der Waals surface area contributed by atoms with Crippen molar-refractivity contribution in [2.75, 3.05) is 6.54 Å². The van der Waals surface area contributed by atoms with Gasteiger partial charge in [-0.2, -0.15) is 0 Å². The molecule has 1 aliphatic rings. The number of aliphatic hydroxyl groups is 1. The Morgan fingerprint density at radius 1 is 1.30 bits per heavy atom. The Balaban J connectivity index is 1.54. The SMILES string of the molecule is O=C(NCC(O)c1ccccc1F)C1CC1c1cccc(Cl)c1. The zero-order valence-electron chi connectivity index (χ0n) is 12.4. The fourth-order valence-electron chi connectivity index (χ4n) is 2.77. The van der Waals surface area contributed by atoms with Gasteiger partial charge in [-0.1, -0.05) is 41.9 Å². The number of hydrogen-bond acceptors (Lipinski definition) is 2. The Morgan fingerprint density at radius 2 is 2.09 bits per heavy atom. The first-order valence-electron chi connectivity index (χ1n) is 7.52. The monoisotopic (exact) mass is 333 g/mol. The zero-order valence-corrected chi connectivity index (χ0v) is 13.1. The summed E-state index contributed by atoms with van der Waals surface area (Å²) < 4.78 is 13.6. The maximum atomic E-state index is 13.6. The normalized spacial score (nSPS) is 20.8. The average Bonchev–Trinajstić information content (AvgIpc) is 3.33. The highest BCUT2D eigenvalue weighted by molar-refractivity contribution is 6.30. The fraction of sp³-hybridized carbons (Fsp3) is 0.278. The Bertz CT molecular complexity index is 722. The van der Waals surface area contributed by atoms with Gasteiger partial charge in [-0.25, -0.2) is 4.39 Å². The molecule has 3 unspecified atom stereocenters. The molecule has 2 N–H and O–H groups in total. The maximum absolute atomic E-state index is 13.6. The molecule has 1 aliphatic carbocycles. The van der Waals surface area contributed by atoms with Crippen LogP contribution in [0.2, 0.25) is 5.02 Å². The molecule has 5 heteroatoms. The van der Waals surface area contributed by atoms with Crippen LogP contribution in [0.15, 0.2) is 48.5 Å². The van der Waals surface area contributed by atoms with Gasteiger partial charge in [-0.05, 0) is 36.1 Å². The largest absolute Gasteiger partial charge is 0.386 e. The number of carbonyl (C=O) groups excluding carboxylic acids is 1. The summed E-state index contributed by atoms with van der Waals surface area (Å²) >= 11 is 5.96. The van der Waals surface area contributed by atoms with Crippen molar-refractivity contribution in [2.24, 2.45) is 5.92 Å². The van der Waals surface area contributed by atoms with Crippen molar-refractivity contribution in [3.05, 3.63) is 70.5 Å². The van der Waals surface area contributed by atoms with E-state index >= 15 is 0 Å². The zero-order chi connectivity index (χ0) is 16.4. The first-order chi connectivity index (χ1) is 11.1. The summed E-state index contributed by atoms with van der Waals surface area (Å²) in [5, 5.41) is 13.4. The van der Waals surface area contributed by atoms with E-state index in [1.807, 2.05) is 18.2 Å². The average molecular weight is 334 g/mol. The summed E-state index contributed by atoms with van der Waals surface area (Å²) in [6, 6.07) is 13.5. The van der Waals surface area contributed by atoms with Crippen LogP contribution in [0.4, 0.5) is 4.39 Å². The van der Waals surface area contributed by atoms with Gasteiger partial charge >= 0.3 is 0 Å². The van der Waals surface area contributed by atoms with Crippen LogP contribution in [-0.2, 0) is 4.79 Å². The van der Waals surface area contributed by atoms with Gasteiger partial charge in [0, 0.05) is 23.0 Å². The lowest BCUT2D eigenvalue weighted by atomic mass is 10.1. The van der Waals surface area contributed by atoms with Crippen molar-refractivity contribution in [1.29, 1.82) is 0 Å². The summed E-state index contributed by atoms with van der Waals surface area (Å²) in [6.45, 7) is -0.00146. The van der Waals surface area contributed by atoms with E-state index in [0.29, 0.717) is 5.02 Å². The highest BCUT2D eigenvalue weighted by Gasteiger charge is 2.43. The molecule has 2 aromatic carbocycles. The number of rotatable bonds is 5. The summed E-state index contributed by atoms with van der Waals surface area (Å²) in [5.41, 5.74) is 1.24. The molecule has 0 radical (unpaired) electrons. The number of aliphatic hydroxyl groups excluding tert-OH is 1. The topological polar surface area (TPSA) is 49.3 Å². The van der Waals surface area contributed by atoms with E-state index in [-0.39, 0.29) is 29.9 Å². The Labute approximate surface area is 139 Å². The van der Waals surface area contributed by atoms with Crippen LogP contribution in [0.1, 0.15) is 29.6 Å². The molecule has 1 saturated carbocycles. The number of amides is 1. The fourth-order valence-corrected chi connectivity index (χ4v) is 2.97. The second-order valence-corrected chi connectivity index (χ2v) is 6.22. The molecule has 0 heterocycles. The van der Waals surface area contributed by atoms with Crippen LogP contribution >= 0.6 is 11.6 Å². The maximum Gasteiger partial charge on any atom is 0.223 e.